The summed E-state index contributed by atoms with van der Waals surface area (Å²) in [5, 5.41) is 6.19. The van der Waals surface area contributed by atoms with Crippen molar-refractivity contribution in [3.8, 4) is 0 Å². The van der Waals surface area contributed by atoms with E-state index in [1.165, 1.54) is 0 Å². The van der Waals surface area contributed by atoms with Crippen molar-refractivity contribution in [1.82, 2.24) is 10.6 Å². The summed E-state index contributed by atoms with van der Waals surface area (Å²) in [6.07, 6.45) is -4.24. The van der Waals surface area contributed by atoms with Gasteiger partial charge in [0.15, 0.2) is 5.96 Å². The molecule has 1 rings (SSSR count). The molecule has 2 N–H and O–H groups in total. The number of nitrogens with one attached hydrogen (secondary N) is 2. The molecule has 0 aromatic heterocycles. The Labute approximate surface area is 171 Å². The Morgan fingerprint density at radius 2 is 1.85 bits per heavy atom. The molecule has 0 heterocycles. The molecule has 26 heavy (non-hydrogen) atoms. The van der Waals surface area contributed by atoms with E-state index >= 15 is 0 Å². The number of benzene rings is 1. The van der Waals surface area contributed by atoms with E-state index in [9.17, 15) is 13.2 Å². The van der Waals surface area contributed by atoms with Gasteiger partial charge in [0.05, 0.1) is 13.2 Å². The zero-order valence-electron chi connectivity index (χ0n) is 15.3. The maximum atomic E-state index is 12.1. The summed E-state index contributed by atoms with van der Waals surface area (Å²) in [5.74, 6) is 0.884. The number of hydrogen-bond acceptors (Lipinski definition) is 2. The largest absolute Gasteiger partial charge is 0.389 e. The van der Waals surface area contributed by atoms with Crippen LogP contribution in [0, 0.1) is 5.92 Å². The van der Waals surface area contributed by atoms with Crippen molar-refractivity contribution in [3.63, 3.8) is 0 Å². The highest BCUT2D eigenvalue weighted by Crippen LogP contribution is 2.21. The maximum Gasteiger partial charge on any atom is 0.389 e. The van der Waals surface area contributed by atoms with Crippen molar-refractivity contribution in [3.05, 3.63) is 35.9 Å². The Morgan fingerprint density at radius 1 is 1.15 bits per heavy atom. The van der Waals surface area contributed by atoms with Gasteiger partial charge in [-0.25, -0.2) is 0 Å². The van der Waals surface area contributed by atoms with E-state index in [4.69, 9.17) is 4.74 Å². The van der Waals surface area contributed by atoms with Crippen molar-refractivity contribution in [2.24, 2.45) is 10.9 Å². The van der Waals surface area contributed by atoms with Gasteiger partial charge in [0.2, 0.25) is 0 Å². The van der Waals surface area contributed by atoms with Gasteiger partial charge in [-0.2, -0.15) is 13.2 Å². The van der Waals surface area contributed by atoms with Crippen LogP contribution in [-0.4, -0.2) is 38.9 Å². The molecular formula is C18H29F3IN3O. The molecule has 150 valence electrons. The summed E-state index contributed by atoms with van der Waals surface area (Å²) in [7, 11) is 1.64. The molecule has 8 heteroatoms. The zero-order chi connectivity index (χ0) is 18.5. The van der Waals surface area contributed by atoms with Gasteiger partial charge in [0.1, 0.15) is 0 Å². The van der Waals surface area contributed by atoms with E-state index in [-0.39, 0.29) is 36.3 Å². The minimum atomic E-state index is -4.07. The molecule has 4 nitrogen and oxygen atoms in total. The van der Waals surface area contributed by atoms with Crippen LogP contribution < -0.4 is 10.6 Å². The van der Waals surface area contributed by atoms with E-state index in [2.05, 4.69) is 22.5 Å². The standard InChI is InChI=1S/C18H28F3N3O.HI/c1-15(13-25-14-16-8-4-3-5-9-16)12-24-17(22-2)23-11-7-6-10-18(19,20)21;/h3-5,8-9,15H,6-7,10-14H2,1-2H3,(H2,22,23,24);1H. The van der Waals surface area contributed by atoms with Gasteiger partial charge in [-0.3, -0.25) is 4.99 Å². The molecule has 0 amide bonds. The molecule has 1 aromatic rings. The van der Waals surface area contributed by atoms with Gasteiger partial charge < -0.3 is 15.4 Å². The molecule has 0 aliphatic heterocycles. The van der Waals surface area contributed by atoms with Crippen LogP contribution in [-0.2, 0) is 11.3 Å². The number of guanidine groups is 1. The van der Waals surface area contributed by atoms with Crippen LogP contribution in [0.4, 0.5) is 13.2 Å². The van der Waals surface area contributed by atoms with E-state index < -0.39 is 12.6 Å². The third-order valence-corrected chi connectivity index (χ3v) is 3.53. The lowest BCUT2D eigenvalue weighted by atomic mass is 10.2. The highest BCUT2D eigenvalue weighted by Gasteiger charge is 2.25. The fraction of sp³-hybridized carbons (Fsp3) is 0.611. The van der Waals surface area contributed by atoms with Gasteiger partial charge in [-0.15, -0.1) is 24.0 Å². The third kappa shape index (κ3) is 13.2. The summed E-state index contributed by atoms with van der Waals surface area (Å²) in [6.45, 7) is 4.40. The molecule has 1 unspecified atom stereocenters. The first-order valence-corrected chi connectivity index (χ1v) is 8.53. The SMILES string of the molecule is CN=C(NCCCCC(F)(F)F)NCC(C)COCc1ccccc1.I. The molecule has 1 aromatic carbocycles. The monoisotopic (exact) mass is 487 g/mol. The Balaban J connectivity index is 0.00000625. The highest BCUT2D eigenvalue weighted by atomic mass is 127. The minimum absolute atomic E-state index is 0. The second-order valence-electron chi connectivity index (χ2n) is 6.06. The lowest BCUT2D eigenvalue weighted by Crippen LogP contribution is -2.40. The quantitative estimate of drug-likeness (QED) is 0.223. The number of rotatable bonds is 10. The van der Waals surface area contributed by atoms with Gasteiger partial charge >= 0.3 is 6.18 Å². The van der Waals surface area contributed by atoms with Crippen LogP contribution in [0.3, 0.4) is 0 Å². The van der Waals surface area contributed by atoms with Crippen molar-refractivity contribution < 1.29 is 17.9 Å². The molecule has 1 atom stereocenters. The van der Waals surface area contributed by atoms with Crippen molar-refractivity contribution in [2.75, 3.05) is 26.7 Å². The molecule has 0 radical (unpaired) electrons. The van der Waals surface area contributed by atoms with Crippen molar-refractivity contribution in [2.45, 2.75) is 39.0 Å². The van der Waals surface area contributed by atoms with Crippen molar-refractivity contribution >= 4 is 29.9 Å². The van der Waals surface area contributed by atoms with Gasteiger partial charge in [0, 0.05) is 26.6 Å². The predicted molar refractivity (Wildman–Crippen MR) is 110 cm³/mol. The molecule has 0 saturated heterocycles. The molecule has 0 spiro atoms. The average Bonchev–Trinajstić information content (AvgIpc) is 2.57. The second-order valence-corrected chi connectivity index (χ2v) is 6.06. The molecular weight excluding hydrogens is 458 g/mol. The lowest BCUT2D eigenvalue weighted by molar-refractivity contribution is -0.135. The smallest absolute Gasteiger partial charge is 0.376 e. The van der Waals surface area contributed by atoms with E-state index in [0.29, 0.717) is 38.7 Å². The van der Waals surface area contributed by atoms with Crippen LogP contribution in [0.15, 0.2) is 35.3 Å². The Bertz CT molecular complexity index is 498. The Morgan fingerprint density at radius 3 is 2.46 bits per heavy atom. The van der Waals surface area contributed by atoms with Crippen LogP contribution >= 0.6 is 24.0 Å². The lowest BCUT2D eigenvalue weighted by Gasteiger charge is -2.16. The van der Waals surface area contributed by atoms with Gasteiger partial charge in [-0.1, -0.05) is 37.3 Å². The van der Waals surface area contributed by atoms with Gasteiger partial charge in [0.25, 0.3) is 0 Å². The topological polar surface area (TPSA) is 45.7 Å². The predicted octanol–water partition coefficient (Wildman–Crippen LogP) is 4.35. The summed E-state index contributed by atoms with van der Waals surface area (Å²) in [6, 6.07) is 9.97. The number of unbranched alkanes of at least 4 members (excludes halogenated alkanes) is 1. The van der Waals surface area contributed by atoms with E-state index in [0.717, 1.165) is 5.56 Å². The number of ether oxygens (including phenoxy) is 1. The van der Waals surface area contributed by atoms with Crippen LogP contribution in [0.2, 0.25) is 0 Å². The zero-order valence-corrected chi connectivity index (χ0v) is 17.6. The van der Waals surface area contributed by atoms with Crippen molar-refractivity contribution in [1.29, 1.82) is 0 Å². The second kappa shape index (κ2) is 14.1. The first kappa shape index (κ1) is 25.0. The number of halogens is 4. The fourth-order valence-corrected chi connectivity index (χ4v) is 2.16. The summed E-state index contributed by atoms with van der Waals surface area (Å²) >= 11 is 0. The third-order valence-electron chi connectivity index (χ3n) is 3.53. The van der Waals surface area contributed by atoms with Crippen LogP contribution in [0.25, 0.3) is 0 Å². The first-order valence-electron chi connectivity index (χ1n) is 8.53. The number of alkyl halides is 3. The molecule has 0 saturated carbocycles. The molecule has 0 bridgehead atoms. The van der Waals surface area contributed by atoms with Crippen LogP contribution in [0.5, 0.6) is 0 Å². The van der Waals surface area contributed by atoms with E-state index in [1.54, 1.807) is 7.05 Å². The number of aliphatic imine (C=N–C) groups is 1. The summed E-state index contributed by atoms with van der Waals surface area (Å²) in [5.41, 5.74) is 1.14. The van der Waals surface area contributed by atoms with Gasteiger partial charge in [-0.05, 0) is 24.3 Å². The first-order chi connectivity index (χ1) is 11.9. The average molecular weight is 487 g/mol. The van der Waals surface area contributed by atoms with E-state index in [1.807, 2.05) is 30.3 Å². The maximum absolute atomic E-state index is 12.1. The summed E-state index contributed by atoms with van der Waals surface area (Å²) < 4.78 is 41.9. The number of nitrogens with zero attached hydrogens (tertiary/aromatic N) is 1. The normalized spacial score (nSPS) is 13.0. The highest BCUT2D eigenvalue weighted by molar-refractivity contribution is 14.0. The Kier molecular flexibility index (Phi) is 13.5. The molecule has 0 aliphatic carbocycles. The minimum Gasteiger partial charge on any atom is -0.376 e. The fourth-order valence-electron chi connectivity index (χ4n) is 2.16. The summed E-state index contributed by atoms with van der Waals surface area (Å²) in [4.78, 5) is 4.07. The molecule has 0 aliphatic rings. The number of hydrogen-bond donors (Lipinski definition) is 2. The van der Waals surface area contributed by atoms with Crippen LogP contribution in [0.1, 0.15) is 31.7 Å². The molecule has 0 fully saturated rings. The Hall–Kier alpha value is -1.03.